The van der Waals surface area contributed by atoms with Crippen molar-refractivity contribution >= 4 is 29.9 Å². The van der Waals surface area contributed by atoms with Crippen LogP contribution in [-0.4, -0.2) is 17.5 Å². The summed E-state index contributed by atoms with van der Waals surface area (Å²) in [5.41, 5.74) is 1.92. The van der Waals surface area contributed by atoms with Crippen molar-refractivity contribution in [1.29, 1.82) is 0 Å². The van der Waals surface area contributed by atoms with Crippen LogP contribution in [-0.2, 0) is 13.1 Å². The molecule has 1 aromatic heterocycles. The monoisotopic (exact) mass is 506 g/mol. The highest BCUT2D eigenvalue weighted by atomic mass is 127. The summed E-state index contributed by atoms with van der Waals surface area (Å²) in [6.07, 6.45) is 3.18. The largest absolute Gasteiger partial charge is 0.453 e. The second-order valence-corrected chi connectivity index (χ2v) is 6.09. The number of nitrogens with zero attached hydrogens (tertiary/aromatic N) is 2. The standard InChI is InChI=1S/C22H23FN4O.HI/c1-2-25-22(26-14-17-7-4-3-5-8-17)27-15-18-10-11-21(20(23)13-18)28-19-9-6-12-24-16-19;/h3-13,16H,2,14-15H2,1H3,(H2,25,26,27);1H. The van der Waals surface area contributed by atoms with Crippen molar-refractivity contribution in [2.45, 2.75) is 20.0 Å². The SMILES string of the molecule is CCNC(=NCc1ccc(Oc2cccnc2)c(F)c1)NCc1ccccc1.I. The Kier molecular flexibility index (Phi) is 9.36. The number of aliphatic imine (C=N–C) groups is 1. The summed E-state index contributed by atoms with van der Waals surface area (Å²) < 4.78 is 19.9. The predicted molar refractivity (Wildman–Crippen MR) is 124 cm³/mol. The summed E-state index contributed by atoms with van der Waals surface area (Å²) in [6.45, 7) is 3.77. The molecule has 3 rings (SSSR count). The number of guanidine groups is 1. The summed E-state index contributed by atoms with van der Waals surface area (Å²) in [7, 11) is 0. The third-order valence-corrected chi connectivity index (χ3v) is 3.93. The molecule has 2 N–H and O–H groups in total. The molecule has 2 aromatic carbocycles. The van der Waals surface area contributed by atoms with Crippen LogP contribution in [0, 0.1) is 5.82 Å². The van der Waals surface area contributed by atoms with Crippen LogP contribution < -0.4 is 15.4 Å². The average Bonchev–Trinajstić information content (AvgIpc) is 2.73. The Labute approximate surface area is 187 Å². The lowest BCUT2D eigenvalue weighted by molar-refractivity contribution is 0.440. The third-order valence-electron chi connectivity index (χ3n) is 3.93. The van der Waals surface area contributed by atoms with Gasteiger partial charge in [0.25, 0.3) is 0 Å². The normalized spacial score (nSPS) is 10.8. The van der Waals surface area contributed by atoms with Gasteiger partial charge < -0.3 is 15.4 Å². The summed E-state index contributed by atoms with van der Waals surface area (Å²) in [4.78, 5) is 8.49. The lowest BCUT2D eigenvalue weighted by atomic mass is 10.2. The van der Waals surface area contributed by atoms with Crippen LogP contribution in [0.4, 0.5) is 4.39 Å². The van der Waals surface area contributed by atoms with Gasteiger partial charge in [-0.3, -0.25) is 4.98 Å². The zero-order valence-corrected chi connectivity index (χ0v) is 18.5. The highest BCUT2D eigenvalue weighted by Gasteiger charge is 2.07. The Balaban J connectivity index is 0.00000300. The quantitative estimate of drug-likeness (QED) is 0.272. The number of benzene rings is 2. The Morgan fingerprint density at radius 3 is 2.55 bits per heavy atom. The van der Waals surface area contributed by atoms with Crippen molar-refractivity contribution < 1.29 is 9.13 Å². The van der Waals surface area contributed by atoms with Gasteiger partial charge in [0.05, 0.1) is 12.7 Å². The lowest BCUT2D eigenvalue weighted by Crippen LogP contribution is -2.36. The molecule has 152 valence electrons. The van der Waals surface area contributed by atoms with Gasteiger partial charge in [-0.1, -0.05) is 36.4 Å². The molecule has 3 aromatic rings. The zero-order valence-electron chi connectivity index (χ0n) is 16.1. The number of pyridine rings is 1. The fraction of sp³-hybridized carbons (Fsp3) is 0.182. The Morgan fingerprint density at radius 1 is 1.03 bits per heavy atom. The molecule has 0 radical (unpaired) electrons. The van der Waals surface area contributed by atoms with Crippen molar-refractivity contribution in [3.8, 4) is 11.5 Å². The van der Waals surface area contributed by atoms with Gasteiger partial charge in [0, 0.05) is 19.3 Å². The van der Waals surface area contributed by atoms with E-state index in [-0.39, 0.29) is 29.7 Å². The molecule has 0 amide bonds. The molecule has 0 spiro atoms. The van der Waals surface area contributed by atoms with Crippen LogP contribution in [0.3, 0.4) is 0 Å². The van der Waals surface area contributed by atoms with E-state index >= 15 is 0 Å². The molecule has 5 nitrogen and oxygen atoms in total. The first-order valence-electron chi connectivity index (χ1n) is 9.17. The van der Waals surface area contributed by atoms with Crippen molar-refractivity contribution in [3.63, 3.8) is 0 Å². The summed E-state index contributed by atoms with van der Waals surface area (Å²) in [6, 6.07) is 18.4. The number of hydrogen-bond donors (Lipinski definition) is 2. The van der Waals surface area contributed by atoms with E-state index in [0.29, 0.717) is 24.8 Å². The summed E-state index contributed by atoms with van der Waals surface area (Å²) in [5, 5.41) is 6.47. The van der Waals surface area contributed by atoms with Gasteiger partial charge in [0.1, 0.15) is 5.75 Å². The molecule has 0 aliphatic carbocycles. The molecule has 0 atom stereocenters. The first-order chi connectivity index (χ1) is 13.7. The van der Waals surface area contributed by atoms with Crippen LogP contribution in [0.2, 0.25) is 0 Å². The van der Waals surface area contributed by atoms with Gasteiger partial charge in [-0.2, -0.15) is 0 Å². The molecule has 0 bridgehead atoms. The molecule has 0 unspecified atom stereocenters. The molecular weight excluding hydrogens is 482 g/mol. The molecule has 1 heterocycles. The van der Waals surface area contributed by atoms with Crippen LogP contribution in [0.15, 0.2) is 78.0 Å². The highest BCUT2D eigenvalue weighted by Crippen LogP contribution is 2.24. The van der Waals surface area contributed by atoms with E-state index in [1.807, 2.05) is 37.3 Å². The molecule has 7 heteroatoms. The van der Waals surface area contributed by atoms with Crippen LogP contribution in [0.5, 0.6) is 11.5 Å². The Bertz CT molecular complexity index is 907. The maximum Gasteiger partial charge on any atom is 0.191 e. The summed E-state index contributed by atoms with van der Waals surface area (Å²) in [5.74, 6) is 0.905. The number of ether oxygens (including phenoxy) is 1. The number of nitrogens with one attached hydrogen (secondary N) is 2. The van der Waals surface area contributed by atoms with Crippen LogP contribution in [0.25, 0.3) is 0 Å². The van der Waals surface area contributed by atoms with Gasteiger partial charge in [-0.05, 0) is 42.3 Å². The summed E-state index contributed by atoms with van der Waals surface area (Å²) >= 11 is 0. The fourth-order valence-electron chi connectivity index (χ4n) is 2.55. The van der Waals surface area contributed by atoms with Crippen LogP contribution >= 0.6 is 24.0 Å². The van der Waals surface area contributed by atoms with Crippen molar-refractivity contribution in [3.05, 3.63) is 90.0 Å². The number of hydrogen-bond acceptors (Lipinski definition) is 3. The van der Waals surface area contributed by atoms with E-state index in [9.17, 15) is 4.39 Å². The van der Waals surface area contributed by atoms with Gasteiger partial charge in [0.15, 0.2) is 17.5 Å². The molecule has 29 heavy (non-hydrogen) atoms. The van der Waals surface area contributed by atoms with Gasteiger partial charge in [-0.15, -0.1) is 24.0 Å². The van der Waals surface area contributed by atoms with E-state index in [2.05, 4.69) is 20.6 Å². The third kappa shape index (κ3) is 7.34. The highest BCUT2D eigenvalue weighted by molar-refractivity contribution is 14.0. The van der Waals surface area contributed by atoms with Crippen LogP contribution in [0.1, 0.15) is 18.1 Å². The fourth-order valence-corrected chi connectivity index (χ4v) is 2.55. The van der Waals surface area contributed by atoms with E-state index in [0.717, 1.165) is 17.7 Å². The molecular formula is C22H24FIN4O. The van der Waals surface area contributed by atoms with Crippen molar-refractivity contribution in [2.24, 2.45) is 4.99 Å². The minimum Gasteiger partial charge on any atom is -0.453 e. The molecule has 0 aliphatic heterocycles. The number of rotatable bonds is 7. The lowest BCUT2D eigenvalue weighted by Gasteiger charge is -2.12. The van der Waals surface area contributed by atoms with Gasteiger partial charge in [0.2, 0.25) is 0 Å². The number of aromatic nitrogens is 1. The van der Waals surface area contributed by atoms with Gasteiger partial charge in [-0.25, -0.2) is 9.38 Å². The molecule has 0 aliphatic rings. The second-order valence-electron chi connectivity index (χ2n) is 6.09. The minimum absolute atomic E-state index is 0. The van der Waals surface area contributed by atoms with Crippen molar-refractivity contribution in [2.75, 3.05) is 6.54 Å². The Morgan fingerprint density at radius 2 is 1.86 bits per heavy atom. The minimum atomic E-state index is -0.432. The van der Waals surface area contributed by atoms with E-state index in [4.69, 9.17) is 4.74 Å². The molecule has 0 fully saturated rings. The number of halogens is 2. The smallest absolute Gasteiger partial charge is 0.191 e. The molecule has 0 saturated carbocycles. The average molecular weight is 506 g/mol. The van der Waals surface area contributed by atoms with E-state index in [1.54, 1.807) is 36.7 Å². The van der Waals surface area contributed by atoms with E-state index < -0.39 is 5.82 Å². The van der Waals surface area contributed by atoms with Crippen molar-refractivity contribution in [1.82, 2.24) is 15.6 Å². The topological polar surface area (TPSA) is 58.5 Å². The van der Waals surface area contributed by atoms with E-state index in [1.165, 1.54) is 6.07 Å². The molecule has 0 saturated heterocycles. The Hall–Kier alpha value is -2.68. The maximum atomic E-state index is 14.4. The zero-order chi connectivity index (χ0) is 19.6. The first kappa shape index (κ1) is 22.6. The van der Waals surface area contributed by atoms with Gasteiger partial charge >= 0.3 is 0 Å². The first-order valence-corrected chi connectivity index (χ1v) is 9.17. The second kappa shape index (κ2) is 12.0. The predicted octanol–water partition coefficient (Wildman–Crippen LogP) is 4.89. The maximum absolute atomic E-state index is 14.4.